The van der Waals surface area contributed by atoms with Crippen molar-refractivity contribution in [1.82, 2.24) is 4.90 Å². The molecule has 0 bridgehead atoms. The van der Waals surface area contributed by atoms with E-state index in [1.807, 2.05) is 0 Å². The molecule has 0 radical (unpaired) electrons. The minimum absolute atomic E-state index is 0.0792. The van der Waals surface area contributed by atoms with Crippen LogP contribution in [-0.4, -0.2) is 41.3 Å². The van der Waals surface area contributed by atoms with Gasteiger partial charge in [-0.3, -0.25) is 4.90 Å². The monoisotopic (exact) mass is 214 g/mol. The molecule has 3 heteroatoms. The number of aliphatic hydroxyl groups is 1. The zero-order chi connectivity index (χ0) is 11.4. The van der Waals surface area contributed by atoms with Crippen LogP contribution in [0.15, 0.2) is 0 Å². The number of likely N-dealkylation sites (tertiary alicyclic amines) is 1. The van der Waals surface area contributed by atoms with E-state index >= 15 is 0 Å². The lowest BCUT2D eigenvalue weighted by atomic mass is 9.92. The molecule has 0 amide bonds. The lowest BCUT2D eigenvalue weighted by Crippen LogP contribution is -2.56. The Hall–Kier alpha value is -0.120. The average Bonchev–Trinajstić information content (AvgIpc) is 2.21. The zero-order valence-corrected chi connectivity index (χ0v) is 10.3. The summed E-state index contributed by atoms with van der Waals surface area (Å²) in [6.45, 7) is 7.77. The second-order valence-electron chi connectivity index (χ2n) is 5.15. The first-order valence-electron chi connectivity index (χ1n) is 6.20. The maximum absolute atomic E-state index is 9.49. The molecule has 0 aromatic rings. The van der Waals surface area contributed by atoms with Crippen LogP contribution in [0, 0.1) is 5.92 Å². The Labute approximate surface area is 93.6 Å². The van der Waals surface area contributed by atoms with Crippen LogP contribution < -0.4 is 5.73 Å². The molecule has 1 rings (SSSR count). The number of hydrogen-bond donors (Lipinski definition) is 2. The molecular weight excluding hydrogens is 188 g/mol. The van der Waals surface area contributed by atoms with Crippen LogP contribution in [0.2, 0.25) is 0 Å². The Bertz CT molecular complexity index is 184. The van der Waals surface area contributed by atoms with Gasteiger partial charge in [0.15, 0.2) is 0 Å². The molecule has 0 saturated carbocycles. The zero-order valence-electron chi connectivity index (χ0n) is 10.3. The van der Waals surface area contributed by atoms with Crippen molar-refractivity contribution in [2.75, 3.05) is 13.2 Å². The Balaban J connectivity index is 2.63. The van der Waals surface area contributed by atoms with Gasteiger partial charge in [-0.15, -0.1) is 0 Å². The molecule has 3 atom stereocenters. The Kier molecular flexibility index (Phi) is 5.03. The maximum atomic E-state index is 9.49. The van der Waals surface area contributed by atoms with Gasteiger partial charge in [0.1, 0.15) is 0 Å². The van der Waals surface area contributed by atoms with Gasteiger partial charge in [-0.05, 0) is 32.2 Å². The summed E-state index contributed by atoms with van der Waals surface area (Å²) in [5, 5.41) is 9.49. The molecular formula is C12H26N2O. The third kappa shape index (κ3) is 3.16. The van der Waals surface area contributed by atoms with Crippen molar-refractivity contribution in [3.05, 3.63) is 0 Å². The second kappa shape index (κ2) is 5.83. The van der Waals surface area contributed by atoms with Gasteiger partial charge in [0.25, 0.3) is 0 Å². The van der Waals surface area contributed by atoms with E-state index in [-0.39, 0.29) is 18.7 Å². The summed E-state index contributed by atoms with van der Waals surface area (Å²) >= 11 is 0. The number of rotatable bonds is 4. The Morgan fingerprint density at radius 3 is 2.53 bits per heavy atom. The van der Waals surface area contributed by atoms with Crippen LogP contribution >= 0.6 is 0 Å². The molecule has 90 valence electrons. The fraction of sp³-hybridized carbons (Fsp3) is 1.00. The molecule has 3 nitrogen and oxygen atoms in total. The normalized spacial score (nSPS) is 28.0. The highest BCUT2D eigenvalue weighted by molar-refractivity contribution is 4.88. The number of nitrogens with two attached hydrogens (primary N) is 1. The van der Waals surface area contributed by atoms with E-state index in [0.717, 1.165) is 6.54 Å². The van der Waals surface area contributed by atoms with Crippen LogP contribution in [0.3, 0.4) is 0 Å². The van der Waals surface area contributed by atoms with Crippen molar-refractivity contribution >= 4 is 0 Å². The van der Waals surface area contributed by atoms with E-state index in [2.05, 4.69) is 25.7 Å². The van der Waals surface area contributed by atoms with Crippen LogP contribution in [0.25, 0.3) is 0 Å². The van der Waals surface area contributed by atoms with E-state index in [4.69, 9.17) is 5.73 Å². The number of piperidine rings is 1. The van der Waals surface area contributed by atoms with E-state index < -0.39 is 0 Å². The molecule has 0 spiro atoms. The predicted molar refractivity (Wildman–Crippen MR) is 63.7 cm³/mol. The lowest BCUT2D eigenvalue weighted by molar-refractivity contribution is 0.0418. The summed E-state index contributed by atoms with van der Waals surface area (Å²) in [5.41, 5.74) is 6.16. The van der Waals surface area contributed by atoms with Gasteiger partial charge in [-0.1, -0.05) is 20.3 Å². The third-order valence-corrected chi connectivity index (χ3v) is 3.68. The molecule has 0 aromatic heterocycles. The molecule has 0 aliphatic carbocycles. The molecule has 3 N–H and O–H groups in total. The van der Waals surface area contributed by atoms with E-state index in [0.29, 0.717) is 12.0 Å². The highest BCUT2D eigenvalue weighted by Gasteiger charge is 2.30. The van der Waals surface area contributed by atoms with Gasteiger partial charge in [0.05, 0.1) is 6.61 Å². The lowest BCUT2D eigenvalue weighted by Gasteiger charge is -2.42. The van der Waals surface area contributed by atoms with Crippen molar-refractivity contribution in [3.63, 3.8) is 0 Å². The summed E-state index contributed by atoms with van der Waals surface area (Å²) < 4.78 is 0. The summed E-state index contributed by atoms with van der Waals surface area (Å²) in [4.78, 5) is 2.40. The highest BCUT2D eigenvalue weighted by atomic mass is 16.3. The number of hydrogen-bond acceptors (Lipinski definition) is 3. The summed E-state index contributed by atoms with van der Waals surface area (Å²) in [5.74, 6) is 0.427. The van der Waals surface area contributed by atoms with Crippen molar-refractivity contribution in [3.8, 4) is 0 Å². The quantitative estimate of drug-likeness (QED) is 0.739. The molecule has 3 unspecified atom stereocenters. The van der Waals surface area contributed by atoms with Gasteiger partial charge in [0, 0.05) is 18.1 Å². The van der Waals surface area contributed by atoms with Gasteiger partial charge in [-0.25, -0.2) is 0 Å². The van der Waals surface area contributed by atoms with Crippen LogP contribution in [0.1, 0.15) is 40.0 Å². The van der Waals surface area contributed by atoms with Crippen LogP contribution in [0.5, 0.6) is 0 Å². The van der Waals surface area contributed by atoms with E-state index in [1.165, 1.54) is 19.3 Å². The molecule has 1 aliphatic heterocycles. The maximum Gasteiger partial charge on any atom is 0.0602 e. The van der Waals surface area contributed by atoms with Gasteiger partial charge >= 0.3 is 0 Å². The van der Waals surface area contributed by atoms with Gasteiger partial charge in [-0.2, -0.15) is 0 Å². The number of nitrogens with zero attached hydrogens (tertiary/aromatic N) is 1. The fourth-order valence-corrected chi connectivity index (χ4v) is 2.51. The molecule has 1 heterocycles. The molecule has 0 aromatic carbocycles. The summed E-state index contributed by atoms with van der Waals surface area (Å²) in [6, 6.07) is 0.788. The van der Waals surface area contributed by atoms with Crippen molar-refractivity contribution < 1.29 is 5.11 Å². The van der Waals surface area contributed by atoms with Crippen LogP contribution in [-0.2, 0) is 0 Å². The summed E-state index contributed by atoms with van der Waals surface area (Å²) in [6.07, 6.45) is 3.79. The molecule has 1 saturated heterocycles. The van der Waals surface area contributed by atoms with Crippen molar-refractivity contribution in [2.45, 2.75) is 58.2 Å². The highest BCUT2D eigenvalue weighted by Crippen LogP contribution is 2.21. The first kappa shape index (κ1) is 12.9. The van der Waals surface area contributed by atoms with E-state index in [1.54, 1.807) is 0 Å². The van der Waals surface area contributed by atoms with Crippen molar-refractivity contribution in [2.24, 2.45) is 11.7 Å². The predicted octanol–water partition coefficient (Wildman–Crippen LogP) is 1.20. The minimum Gasteiger partial charge on any atom is -0.395 e. The Morgan fingerprint density at radius 1 is 1.40 bits per heavy atom. The first-order chi connectivity index (χ1) is 7.07. The third-order valence-electron chi connectivity index (χ3n) is 3.68. The molecule has 1 aliphatic rings. The first-order valence-corrected chi connectivity index (χ1v) is 6.20. The topological polar surface area (TPSA) is 49.5 Å². The molecule has 15 heavy (non-hydrogen) atoms. The summed E-state index contributed by atoms with van der Waals surface area (Å²) in [7, 11) is 0. The van der Waals surface area contributed by atoms with Gasteiger partial charge < -0.3 is 10.8 Å². The largest absolute Gasteiger partial charge is 0.395 e. The second-order valence-corrected chi connectivity index (χ2v) is 5.15. The fourth-order valence-electron chi connectivity index (χ4n) is 2.51. The number of aliphatic hydroxyl groups excluding tert-OH is 1. The SMILES string of the molecule is CC(C)C(N)C(CO)N1CCCCC1C. The Morgan fingerprint density at radius 2 is 2.07 bits per heavy atom. The smallest absolute Gasteiger partial charge is 0.0602 e. The average molecular weight is 214 g/mol. The van der Waals surface area contributed by atoms with Crippen LogP contribution in [0.4, 0.5) is 0 Å². The van der Waals surface area contributed by atoms with Crippen molar-refractivity contribution in [1.29, 1.82) is 0 Å². The van der Waals surface area contributed by atoms with E-state index in [9.17, 15) is 5.11 Å². The standard InChI is InChI=1S/C12H26N2O/c1-9(2)12(13)11(8-15)14-7-5-4-6-10(14)3/h9-12,15H,4-8,13H2,1-3H3. The minimum atomic E-state index is 0.0792. The molecule has 1 fully saturated rings. The van der Waals surface area contributed by atoms with Gasteiger partial charge in [0.2, 0.25) is 0 Å².